The van der Waals surface area contributed by atoms with Crippen molar-refractivity contribution in [2.45, 2.75) is 46.3 Å². The van der Waals surface area contributed by atoms with Gasteiger partial charge in [-0.15, -0.1) is 11.3 Å². The van der Waals surface area contributed by atoms with Crippen molar-refractivity contribution in [2.24, 2.45) is 5.92 Å². The van der Waals surface area contributed by atoms with Crippen LogP contribution in [0.2, 0.25) is 0 Å². The third-order valence-corrected chi connectivity index (χ3v) is 6.89. The summed E-state index contributed by atoms with van der Waals surface area (Å²) in [5.41, 5.74) is 3.16. The van der Waals surface area contributed by atoms with Crippen molar-refractivity contribution in [1.82, 2.24) is 15.2 Å². The lowest BCUT2D eigenvalue weighted by atomic mass is 9.88. The molecule has 1 N–H and O–H groups in total. The van der Waals surface area contributed by atoms with Crippen LogP contribution in [-0.4, -0.2) is 34.8 Å². The van der Waals surface area contributed by atoms with Crippen LogP contribution in [0.1, 0.15) is 65.4 Å². The van der Waals surface area contributed by atoms with Gasteiger partial charge in [-0.05, 0) is 59.7 Å². The summed E-state index contributed by atoms with van der Waals surface area (Å²) in [5.74, 6) is 0.587. The first-order chi connectivity index (χ1) is 16.8. The minimum atomic E-state index is -0.378. The molecular formula is C27H30FN3O3S. The highest BCUT2D eigenvalue weighted by molar-refractivity contribution is 7.09. The molecule has 3 aromatic rings. The summed E-state index contributed by atoms with van der Waals surface area (Å²) in [6.45, 7) is 7.19. The summed E-state index contributed by atoms with van der Waals surface area (Å²) >= 11 is 1.38. The molecule has 0 bridgehead atoms. The van der Waals surface area contributed by atoms with E-state index in [2.05, 4.69) is 24.1 Å². The van der Waals surface area contributed by atoms with Gasteiger partial charge in [-0.2, -0.15) is 0 Å². The molecule has 0 radical (unpaired) electrons. The lowest BCUT2D eigenvalue weighted by Gasteiger charge is -2.37. The van der Waals surface area contributed by atoms with Crippen LogP contribution in [0, 0.1) is 11.7 Å². The number of carbonyl (C=O) groups is 2. The number of amides is 2. The molecule has 8 heteroatoms. The predicted molar refractivity (Wildman–Crippen MR) is 134 cm³/mol. The molecule has 35 heavy (non-hydrogen) atoms. The van der Waals surface area contributed by atoms with Crippen molar-refractivity contribution < 1.29 is 18.7 Å². The number of hydrogen-bond donors (Lipinski definition) is 1. The van der Waals surface area contributed by atoms with Crippen LogP contribution >= 0.6 is 11.3 Å². The molecule has 0 saturated carbocycles. The highest BCUT2D eigenvalue weighted by atomic mass is 32.1. The Labute approximate surface area is 209 Å². The monoisotopic (exact) mass is 495 g/mol. The fraction of sp³-hybridized carbons (Fsp3) is 0.370. The van der Waals surface area contributed by atoms with Crippen LogP contribution in [0.3, 0.4) is 0 Å². The van der Waals surface area contributed by atoms with Crippen molar-refractivity contribution in [3.8, 4) is 5.75 Å². The van der Waals surface area contributed by atoms with Gasteiger partial charge < -0.3 is 15.0 Å². The van der Waals surface area contributed by atoms with Crippen molar-refractivity contribution in [2.75, 3.05) is 13.1 Å². The van der Waals surface area contributed by atoms with Gasteiger partial charge in [0.15, 0.2) is 0 Å². The third kappa shape index (κ3) is 6.06. The van der Waals surface area contributed by atoms with E-state index in [1.165, 1.54) is 30.4 Å². The average Bonchev–Trinajstić information content (AvgIpc) is 3.30. The number of nitrogens with zero attached hydrogens (tertiary/aromatic N) is 2. The van der Waals surface area contributed by atoms with Crippen LogP contribution in [0.5, 0.6) is 5.75 Å². The van der Waals surface area contributed by atoms with Crippen LogP contribution in [-0.2, 0) is 17.8 Å². The van der Waals surface area contributed by atoms with Crippen molar-refractivity contribution >= 4 is 23.2 Å². The van der Waals surface area contributed by atoms with E-state index in [4.69, 9.17) is 4.74 Å². The number of carbonyl (C=O) groups excluding carboxylic acids is 2. The normalized spacial score (nSPS) is 15.1. The second kappa shape index (κ2) is 11.0. The highest BCUT2D eigenvalue weighted by Crippen LogP contribution is 2.37. The summed E-state index contributed by atoms with van der Waals surface area (Å²) in [7, 11) is 0. The Morgan fingerprint density at radius 2 is 2.09 bits per heavy atom. The van der Waals surface area contributed by atoms with Gasteiger partial charge in [-0.1, -0.05) is 32.0 Å². The van der Waals surface area contributed by atoms with E-state index in [-0.39, 0.29) is 30.3 Å². The molecule has 0 spiro atoms. The molecule has 0 saturated heterocycles. The van der Waals surface area contributed by atoms with E-state index < -0.39 is 0 Å². The van der Waals surface area contributed by atoms with Gasteiger partial charge in [-0.3, -0.25) is 9.59 Å². The van der Waals surface area contributed by atoms with Gasteiger partial charge in [0.25, 0.3) is 5.91 Å². The molecule has 1 aromatic heterocycles. The quantitative estimate of drug-likeness (QED) is 0.470. The lowest BCUT2D eigenvalue weighted by Crippen LogP contribution is -2.39. The van der Waals surface area contributed by atoms with Crippen molar-refractivity contribution in [3.63, 3.8) is 0 Å². The van der Waals surface area contributed by atoms with E-state index in [1.54, 1.807) is 16.3 Å². The molecular weight excluding hydrogens is 465 g/mol. The number of halogens is 1. The Hall–Kier alpha value is -3.26. The molecule has 2 aromatic carbocycles. The fourth-order valence-corrected chi connectivity index (χ4v) is 4.94. The minimum absolute atomic E-state index is 0.0572. The van der Waals surface area contributed by atoms with Crippen LogP contribution in [0.25, 0.3) is 0 Å². The molecule has 0 unspecified atom stereocenters. The van der Waals surface area contributed by atoms with Gasteiger partial charge in [0.05, 0.1) is 6.04 Å². The van der Waals surface area contributed by atoms with E-state index in [1.807, 2.05) is 24.3 Å². The molecule has 0 aliphatic carbocycles. The molecule has 2 amide bonds. The SMILES string of the molecule is CC(=O)N1CCc2ccc(OCc3nc(C(=O)NCCC(C)C)cs3)cc2[C@H]1c1cccc(F)c1. The summed E-state index contributed by atoms with van der Waals surface area (Å²) in [6.07, 6.45) is 1.64. The topological polar surface area (TPSA) is 71.5 Å². The Balaban J connectivity index is 1.49. The number of benzene rings is 2. The van der Waals surface area contributed by atoms with Crippen molar-refractivity contribution in [1.29, 1.82) is 0 Å². The molecule has 4 rings (SSSR count). The zero-order chi connectivity index (χ0) is 24.9. The van der Waals surface area contributed by atoms with Gasteiger partial charge >= 0.3 is 0 Å². The zero-order valence-corrected chi connectivity index (χ0v) is 21.0. The maximum Gasteiger partial charge on any atom is 0.270 e. The van der Waals surface area contributed by atoms with Crippen LogP contribution in [0.15, 0.2) is 47.8 Å². The van der Waals surface area contributed by atoms with Crippen LogP contribution in [0.4, 0.5) is 4.39 Å². The minimum Gasteiger partial charge on any atom is -0.486 e. The molecule has 6 nitrogen and oxygen atoms in total. The van der Waals surface area contributed by atoms with E-state index in [9.17, 15) is 14.0 Å². The first-order valence-electron chi connectivity index (χ1n) is 11.8. The molecule has 184 valence electrons. The van der Waals surface area contributed by atoms with Crippen molar-refractivity contribution in [3.05, 3.63) is 81.1 Å². The summed E-state index contributed by atoms with van der Waals surface area (Å²) in [4.78, 5) is 30.9. The second-order valence-corrected chi connectivity index (χ2v) is 10.1. The summed E-state index contributed by atoms with van der Waals surface area (Å²) in [5, 5.41) is 5.33. The standard InChI is InChI=1S/C27H30FN3O3S/c1-17(2)9-11-29-27(33)24-16-35-25(30-24)15-34-22-8-7-19-10-12-31(18(3)32)26(23(19)14-22)20-5-4-6-21(28)13-20/h4-8,13-14,16-17,26H,9-12,15H2,1-3H3,(H,29,33)/t26-/m1/s1. The van der Waals surface area contributed by atoms with Gasteiger partial charge in [-0.25, -0.2) is 9.37 Å². The molecule has 2 heterocycles. The number of hydrogen-bond acceptors (Lipinski definition) is 5. The highest BCUT2D eigenvalue weighted by Gasteiger charge is 2.31. The molecule has 1 aliphatic heterocycles. The largest absolute Gasteiger partial charge is 0.486 e. The number of nitrogens with one attached hydrogen (secondary N) is 1. The average molecular weight is 496 g/mol. The zero-order valence-electron chi connectivity index (χ0n) is 20.2. The van der Waals surface area contributed by atoms with Gasteiger partial charge in [0.2, 0.25) is 5.91 Å². The number of ether oxygens (including phenoxy) is 1. The summed E-state index contributed by atoms with van der Waals surface area (Å²) in [6, 6.07) is 11.8. The summed E-state index contributed by atoms with van der Waals surface area (Å²) < 4.78 is 20.0. The smallest absolute Gasteiger partial charge is 0.270 e. The third-order valence-electron chi connectivity index (χ3n) is 6.07. The van der Waals surface area contributed by atoms with Gasteiger partial charge in [0.1, 0.15) is 28.9 Å². The number of aromatic nitrogens is 1. The predicted octanol–water partition coefficient (Wildman–Crippen LogP) is 5.13. The molecule has 1 aliphatic rings. The number of rotatable bonds is 8. The lowest BCUT2D eigenvalue weighted by molar-refractivity contribution is -0.130. The number of thiazole rings is 1. The first kappa shape index (κ1) is 24.9. The fourth-order valence-electron chi connectivity index (χ4n) is 4.25. The molecule has 1 atom stereocenters. The Morgan fingerprint density at radius 3 is 2.83 bits per heavy atom. The van der Waals surface area contributed by atoms with E-state index in [0.29, 0.717) is 35.5 Å². The van der Waals surface area contributed by atoms with Gasteiger partial charge in [0, 0.05) is 25.4 Å². The second-order valence-electron chi connectivity index (χ2n) is 9.13. The Morgan fingerprint density at radius 1 is 1.26 bits per heavy atom. The van der Waals surface area contributed by atoms with E-state index in [0.717, 1.165) is 29.5 Å². The Bertz CT molecular complexity index is 1210. The maximum absolute atomic E-state index is 14.0. The maximum atomic E-state index is 14.0. The number of fused-ring (bicyclic) bond motifs is 1. The van der Waals surface area contributed by atoms with Crippen LogP contribution < -0.4 is 10.1 Å². The Kier molecular flexibility index (Phi) is 7.80. The van der Waals surface area contributed by atoms with E-state index >= 15 is 0 Å². The molecule has 0 fully saturated rings. The first-order valence-corrected chi connectivity index (χ1v) is 12.7.